The van der Waals surface area contributed by atoms with E-state index in [1.807, 2.05) is 39.8 Å². The maximum atomic E-state index is 11.4. The maximum absolute atomic E-state index is 11.4. The third-order valence-electron chi connectivity index (χ3n) is 3.53. The topological polar surface area (TPSA) is 68.0 Å². The summed E-state index contributed by atoms with van der Waals surface area (Å²) in [5.41, 5.74) is 4.27. The van der Waals surface area contributed by atoms with Gasteiger partial charge in [0, 0.05) is 23.1 Å². The fourth-order valence-corrected chi connectivity index (χ4v) is 2.58. The van der Waals surface area contributed by atoms with Gasteiger partial charge in [0.15, 0.2) is 0 Å². The smallest absolute Gasteiger partial charge is 0.311 e. The summed E-state index contributed by atoms with van der Waals surface area (Å²) >= 11 is 0. The number of pyridine rings is 1. The van der Waals surface area contributed by atoms with Gasteiger partial charge in [-0.25, -0.2) is 4.68 Å². The quantitative estimate of drug-likeness (QED) is 0.930. The van der Waals surface area contributed by atoms with Gasteiger partial charge in [-0.05, 0) is 39.3 Å². The van der Waals surface area contributed by atoms with Gasteiger partial charge in [0.25, 0.3) is 0 Å². The first-order chi connectivity index (χ1) is 9.45. The van der Waals surface area contributed by atoms with E-state index in [1.54, 1.807) is 10.9 Å². The minimum atomic E-state index is -0.802. The summed E-state index contributed by atoms with van der Waals surface area (Å²) in [6.07, 6.45) is 2.29. The van der Waals surface area contributed by atoms with Crippen molar-refractivity contribution in [2.45, 2.75) is 40.0 Å². The second-order valence-electron chi connectivity index (χ2n) is 4.95. The van der Waals surface area contributed by atoms with E-state index in [2.05, 4.69) is 10.1 Å². The van der Waals surface area contributed by atoms with Crippen LogP contribution in [0.15, 0.2) is 18.3 Å². The molecule has 0 saturated heterocycles. The Morgan fingerprint density at radius 2 is 2.10 bits per heavy atom. The molecule has 0 saturated carbocycles. The molecule has 2 aromatic heterocycles. The largest absolute Gasteiger partial charge is 0.481 e. The van der Waals surface area contributed by atoms with Crippen molar-refractivity contribution in [2.24, 2.45) is 0 Å². The van der Waals surface area contributed by atoms with Crippen LogP contribution in [0.5, 0.6) is 0 Å². The molecule has 0 spiro atoms. The zero-order valence-electron chi connectivity index (χ0n) is 12.2. The molecule has 20 heavy (non-hydrogen) atoms. The third-order valence-corrected chi connectivity index (χ3v) is 3.53. The van der Waals surface area contributed by atoms with Gasteiger partial charge >= 0.3 is 5.97 Å². The molecule has 0 radical (unpaired) electrons. The Bertz CT molecular complexity index is 647. The number of aryl methyl sites for hydroxylation is 2. The summed E-state index contributed by atoms with van der Waals surface area (Å²) in [5, 5.41) is 13.9. The van der Waals surface area contributed by atoms with Crippen molar-refractivity contribution in [3.8, 4) is 5.69 Å². The molecule has 0 bridgehead atoms. The number of aromatic nitrogens is 3. The Morgan fingerprint density at radius 1 is 1.40 bits per heavy atom. The minimum Gasteiger partial charge on any atom is -0.481 e. The summed E-state index contributed by atoms with van der Waals surface area (Å²) in [5.74, 6) is -1.31. The predicted octanol–water partition coefficient (Wildman–Crippen LogP) is 2.77. The van der Waals surface area contributed by atoms with Crippen molar-refractivity contribution < 1.29 is 9.90 Å². The van der Waals surface area contributed by atoms with Crippen molar-refractivity contribution in [1.82, 2.24) is 14.8 Å². The van der Waals surface area contributed by atoms with Crippen molar-refractivity contribution in [2.75, 3.05) is 0 Å². The monoisotopic (exact) mass is 273 g/mol. The van der Waals surface area contributed by atoms with E-state index in [9.17, 15) is 9.90 Å². The van der Waals surface area contributed by atoms with Crippen molar-refractivity contribution in [3.63, 3.8) is 0 Å². The molecule has 106 valence electrons. The molecule has 2 aromatic rings. The first-order valence-electron chi connectivity index (χ1n) is 6.67. The van der Waals surface area contributed by atoms with Crippen molar-refractivity contribution in [1.29, 1.82) is 0 Å². The summed E-state index contributed by atoms with van der Waals surface area (Å²) < 4.78 is 1.80. The number of nitrogens with zero attached hydrogens (tertiary/aromatic N) is 3. The highest BCUT2D eigenvalue weighted by Gasteiger charge is 2.25. The van der Waals surface area contributed by atoms with Crippen LogP contribution in [0.4, 0.5) is 0 Å². The molecule has 0 amide bonds. The lowest BCUT2D eigenvalue weighted by molar-refractivity contribution is -0.138. The Balaban J connectivity index is 2.56. The molecular weight excluding hydrogens is 254 g/mol. The van der Waals surface area contributed by atoms with Crippen molar-refractivity contribution in [3.05, 3.63) is 41.0 Å². The molecule has 0 fully saturated rings. The van der Waals surface area contributed by atoms with Gasteiger partial charge in [0.1, 0.15) is 0 Å². The number of aliphatic carboxylic acids is 1. The number of carboxylic acid groups (broad SMARTS) is 1. The maximum Gasteiger partial charge on any atom is 0.311 e. The van der Waals surface area contributed by atoms with Gasteiger partial charge in [-0.2, -0.15) is 5.10 Å². The van der Waals surface area contributed by atoms with Crippen LogP contribution in [0, 0.1) is 20.8 Å². The Morgan fingerprint density at radius 3 is 2.65 bits per heavy atom. The van der Waals surface area contributed by atoms with Crippen molar-refractivity contribution >= 4 is 5.97 Å². The van der Waals surface area contributed by atoms with E-state index in [4.69, 9.17) is 0 Å². The van der Waals surface area contributed by atoms with E-state index >= 15 is 0 Å². The lowest BCUT2D eigenvalue weighted by Crippen LogP contribution is -2.12. The number of rotatable bonds is 4. The molecule has 0 aliphatic rings. The van der Waals surface area contributed by atoms with Crippen LogP contribution < -0.4 is 0 Å². The molecule has 0 aromatic carbocycles. The van der Waals surface area contributed by atoms with E-state index in [-0.39, 0.29) is 0 Å². The first kappa shape index (κ1) is 14.2. The lowest BCUT2D eigenvalue weighted by Gasteiger charge is -2.11. The molecule has 1 N–H and O–H groups in total. The van der Waals surface area contributed by atoms with Gasteiger partial charge < -0.3 is 5.11 Å². The average Bonchev–Trinajstić information content (AvgIpc) is 2.67. The molecule has 2 heterocycles. The van der Waals surface area contributed by atoms with E-state index in [0.717, 1.165) is 28.3 Å². The predicted molar refractivity (Wildman–Crippen MR) is 76.2 cm³/mol. The summed E-state index contributed by atoms with van der Waals surface area (Å²) in [6.45, 7) is 7.57. The van der Waals surface area contributed by atoms with Crippen LogP contribution in [0.25, 0.3) is 5.69 Å². The SMILES string of the molecule is CCC(C(=O)O)c1c(C)nn(-c2ccnc(C)c2)c1C. The Labute approximate surface area is 118 Å². The standard InChI is InChI=1S/C15H19N3O2/c1-5-13(15(19)20)14-10(3)17-18(11(14)4)12-6-7-16-9(2)8-12/h6-8,13H,5H2,1-4H3,(H,19,20). The van der Waals surface area contributed by atoms with Crippen LogP contribution in [0.2, 0.25) is 0 Å². The molecule has 5 nitrogen and oxygen atoms in total. The molecule has 2 rings (SSSR count). The highest BCUT2D eigenvalue weighted by molar-refractivity contribution is 5.76. The molecule has 0 aliphatic heterocycles. The molecule has 1 unspecified atom stereocenters. The summed E-state index contributed by atoms with van der Waals surface area (Å²) in [6, 6.07) is 3.81. The number of hydrogen-bond acceptors (Lipinski definition) is 3. The van der Waals surface area contributed by atoms with Gasteiger partial charge in [0.2, 0.25) is 0 Å². The molecule has 0 aliphatic carbocycles. The third kappa shape index (κ3) is 2.43. The van der Waals surface area contributed by atoms with Crippen LogP contribution in [-0.4, -0.2) is 25.8 Å². The number of carbonyl (C=O) groups is 1. The minimum absolute atomic E-state index is 0.508. The van der Waals surface area contributed by atoms with Crippen LogP contribution in [0.3, 0.4) is 0 Å². The number of hydrogen-bond donors (Lipinski definition) is 1. The Kier molecular flexibility index (Phi) is 3.88. The fourth-order valence-electron chi connectivity index (χ4n) is 2.58. The zero-order chi connectivity index (χ0) is 14.9. The normalized spacial score (nSPS) is 12.4. The fraction of sp³-hybridized carbons (Fsp3) is 0.400. The zero-order valence-corrected chi connectivity index (χ0v) is 12.2. The highest BCUT2D eigenvalue weighted by Crippen LogP contribution is 2.28. The first-order valence-corrected chi connectivity index (χ1v) is 6.67. The molecular formula is C15H19N3O2. The second-order valence-corrected chi connectivity index (χ2v) is 4.95. The van der Waals surface area contributed by atoms with Crippen LogP contribution >= 0.6 is 0 Å². The molecule has 5 heteroatoms. The highest BCUT2D eigenvalue weighted by atomic mass is 16.4. The van der Waals surface area contributed by atoms with E-state index < -0.39 is 11.9 Å². The van der Waals surface area contributed by atoms with Gasteiger partial charge in [-0.3, -0.25) is 9.78 Å². The number of carboxylic acids is 1. The Hall–Kier alpha value is -2.17. The van der Waals surface area contributed by atoms with Crippen LogP contribution in [-0.2, 0) is 4.79 Å². The van der Waals surface area contributed by atoms with E-state index in [1.165, 1.54) is 0 Å². The van der Waals surface area contributed by atoms with E-state index in [0.29, 0.717) is 6.42 Å². The van der Waals surface area contributed by atoms with Gasteiger partial charge in [-0.1, -0.05) is 6.92 Å². The lowest BCUT2D eigenvalue weighted by atomic mass is 9.95. The summed E-state index contributed by atoms with van der Waals surface area (Å²) in [7, 11) is 0. The van der Waals surface area contributed by atoms with Gasteiger partial charge in [0.05, 0.1) is 17.3 Å². The summed E-state index contributed by atoms with van der Waals surface area (Å²) in [4.78, 5) is 15.6. The van der Waals surface area contributed by atoms with Gasteiger partial charge in [-0.15, -0.1) is 0 Å². The van der Waals surface area contributed by atoms with Crippen LogP contribution in [0.1, 0.15) is 41.9 Å². The average molecular weight is 273 g/mol. The second kappa shape index (κ2) is 5.45. The molecule has 1 atom stereocenters.